The summed E-state index contributed by atoms with van der Waals surface area (Å²) in [7, 11) is 4.07. The van der Waals surface area contributed by atoms with E-state index in [-0.39, 0.29) is 17.8 Å². The van der Waals surface area contributed by atoms with Gasteiger partial charge in [-0.05, 0) is 50.3 Å². The summed E-state index contributed by atoms with van der Waals surface area (Å²) < 4.78 is 0. The number of nitro benzene ring substituents is 1. The molecule has 4 rings (SSSR count). The van der Waals surface area contributed by atoms with Gasteiger partial charge in [0.15, 0.2) is 0 Å². The first-order valence-electron chi connectivity index (χ1n) is 11.5. The van der Waals surface area contributed by atoms with Gasteiger partial charge in [0.25, 0.3) is 5.69 Å². The third kappa shape index (κ3) is 5.36. The molecule has 0 atom stereocenters. The Bertz CT molecular complexity index is 1200. The van der Waals surface area contributed by atoms with E-state index in [0.717, 1.165) is 48.1 Å². The number of nitrogens with zero attached hydrogens (tertiary/aromatic N) is 3. The molecule has 2 amide bonds. The van der Waals surface area contributed by atoms with Crippen molar-refractivity contribution in [3.05, 3.63) is 64.2 Å². The molecule has 0 saturated heterocycles. The van der Waals surface area contributed by atoms with Gasteiger partial charge in [-0.2, -0.15) is 0 Å². The fourth-order valence-electron chi connectivity index (χ4n) is 4.44. The van der Waals surface area contributed by atoms with E-state index in [1.165, 1.54) is 12.1 Å². The molecule has 3 aromatic rings. The predicted octanol–water partition coefficient (Wildman–Crippen LogP) is 5.06. The lowest BCUT2D eigenvalue weighted by molar-refractivity contribution is -0.384. The summed E-state index contributed by atoms with van der Waals surface area (Å²) in [5, 5.41) is 21.4. The number of non-ortho nitro benzene ring substituents is 1. The molecule has 9 nitrogen and oxygen atoms in total. The first kappa shape index (κ1) is 23.3. The Hall–Kier alpha value is -3.88. The van der Waals surface area contributed by atoms with Crippen LogP contribution in [-0.4, -0.2) is 42.1 Å². The van der Waals surface area contributed by atoms with Crippen molar-refractivity contribution < 1.29 is 9.72 Å². The second-order valence-electron chi connectivity index (χ2n) is 8.99. The summed E-state index contributed by atoms with van der Waals surface area (Å²) in [5.74, 6) is 0.866. The molecule has 1 aromatic heterocycles. The molecular weight excluding hydrogens is 432 g/mol. The Labute approximate surface area is 198 Å². The monoisotopic (exact) mass is 462 g/mol. The van der Waals surface area contributed by atoms with Crippen molar-refractivity contribution in [1.82, 2.24) is 10.3 Å². The number of fused-ring (bicyclic) bond motifs is 1. The fourth-order valence-corrected chi connectivity index (χ4v) is 4.44. The summed E-state index contributed by atoms with van der Waals surface area (Å²) in [4.78, 5) is 29.8. The van der Waals surface area contributed by atoms with Crippen LogP contribution < -0.4 is 20.9 Å². The molecule has 178 valence electrons. The van der Waals surface area contributed by atoms with Gasteiger partial charge in [-0.15, -0.1) is 0 Å². The molecule has 9 heteroatoms. The van der Waals surface area contributed by atoms with Gasteiger partial charge < -0.3 is 20.9 Å². The van der Waals surface area contributed by atoms with Gasteiger partial charge in [0.1, 0.15) is 5.82 Å². The summed E-state index contributed by atoms with van der Waals surface area (Å²) in [6, 6.07) is 14.7. The number of hydrogen-bond donors (Lipinski definition) is 3. The smallest absolute Gasteiger partial charge is 0.319 e. The molecule has 1 saturated carbocycles. The van der Waals surface area contributed by atoms with Crippen molar-refractivity contribution in [3.8, 4) is 0 Å². The minimum atomic E-state index is -0.446. The van der Waals surface area contributed by atoms with Crippen molar-refractivity contribution >= 4 is 39.8 Å². The molecule has 1 heterocycles. The van der Waals surface area contributed by atoms with Gasteiger partial charge in [0, 0.05) is 61.1 Å². The molecule has 1 aliphatic rings. The lowest BCUT2D eigenvalue weighted by Gasteiger charge is -2.30. The number of nitro groups is 1. The Morgan fingerprint density at radius 3 is 2.44 bits per heavy atom. The third-order valence-electron chi connectivity index (χ3n) is 6.26. The maximum Gasteiger partial charge on any atom is 0.319 e. The number of amides is 2. The van der Waals surface area contributed by atoms with Gasteiger partial charge >= 0.3 is 6.03 Å². The van der Waals surface area contributed by atoms with Crippen molar-refractivity contribution in [1.29, 1.82) is 0 Å². The number of hydrogen-bond acceptors (Lipinski definition) is 6. The fraction of sp³-hybridized carbons (Fsp3) is 0.360. The highest BCUT2D eigenvalue weighted by molar-refractivity contribution is 5.93. The van der Waals surface area contributed by atoms with E-state index in [2.05, 4.69) is 33.0 Å². The number of urea groups is 1. The normalized spacial score (nSPS) is 17.7. The van der Waals surface area contributed by atoms with Crippen LogP contribution in [0.4, 0.5) is 27.7 Å². The molecule has 1 aliphatic carbocycles. The molecule has 0 bridgehead atoms. The van der Waals surface area contributed by atoms with E-state index in [4.69, 9.17) is 4.98 Å². The minimum Gasteiger partial charge on any atom is -0.377 e. The second-order valence-corrected chi connectivity index (χ2v) is 8.99. The molecule has 3 N–H and O–H groups in total. The Kier molecular flexibility index (Phi) is 6.81. The van der Waals surface area contributed by atoms with Crippen LogP contribution in [0.5, 0.6) is 0 Å². The van der Waals surface area contributed by atoms with E-state index < -0.39 is 4.92 Å². The topological polar surface area (TPSA) is 112 Å². The zero-order chi connectivity index (χ0) is 24.2. The summed E-state index contributed by atoms with van der Waals surface area (Å²) in [5.41, 5.74) is 3.31. The summed E-state index contributed by atoms with van der Waals surface area (Å²) >= 11 is 0. The summed E-state index contributed by atoms with van der Waals surface area (Å²) in [6.45, 7) is 1.74. The Morgan fingerprint density at radius 1 is 1.06 bits per heavy atom. The second kappa shape index (κ2) is 9.94. The molecule has 1 fully saturated rings. The maximum absolute atomic E-state index is 12.5. The average Bonchev–Trinajstić information content (AvgIpc) is 2.81. The van der Waals surface area contributed by atoms with Crippen LogP contribution in [0.25, 0.3) is 10.9 Å². The number of benzene rings is 2. The van der Waals surface area contributed by atoms with Crippen LogP contribution in [0.3, 0.4) is 0 Å². The minimum absolute atomic E-state index is 0.00730. The number of carbonyl (C=O) groups excluding carboxylic acids is 1. The molecular formula is C25H30N6O3. The number of pyridine rings is 1. The van der Waals surface area contributed by atoms with Crippen LogP contribution >= 0.6 is 0 Å². The van der Waals surface area contributed by atoms with Gasteiger partial charge in [-0.3, -0.25) is 10.1 Å². The van der Waals surface area contributed by atoms with Gasteiger partial charge in [0.2, 0.25) is 0 Å². The number of aromatic nitrogens is 1. The predicted molar refractivity (Wildman–Crippen MR) is 136 cm³/mol. The first-order valence-corrected chi connectivity index (χ1v) is 11.5. The molecule has 0 radical (unpaired) electrons. The van der Waals surface area contributed by atoms with Crippen LogP contribution in [-0.2, 0) is 0 Å². The van der Waals surface area contributed by atoms with E-state index in [0.29, 0.717) is 17.3 Å². The summed E-state index contributed by atoms with van der Waals surface area (Å²) in [6.07, 6.45) is 3.57. The van der Waals surface area contributed by atoms with Crippen LogP contribution in [0.2, 0.25) is 0 Å². The zero-order valence-corrected chi connectivity index (χ0v) is 19.7. The highest BCUT2D eigenvalue weighted by atomic mass is 16.6. The number of rotatable bonds is 6. The molecule has 0 spiro atoms. The largest absolute Gasteiger partial charge is 0.377 e. The number of nitrogens with one attached hydrogen (secondary N) is 3. The van der Waals surface area contributed by atoms with Crippen LogP contribution in [0, 0.1) is 17.0 Å². The number of aryl methyl sites for hydroxylation is 1. The van der Waals surface area contributed by atoms with E-state index >= 15 is 0 Å². The highest BCUT2D eigenvalue weighted by Gasteiger charge is 2.23. The van der Waals surface area contributed by atoms with Gasteiger partial charge in [-0.25, -0.2) is 9.78 Å². The molecule has 0 unspecified atom stereocenters. The van der Waals surface area contributed by atoms with E-state index in [1.54, 1.807) is 13.0 Å². The Morgan fingerprint density at radius 2 is 1.76 bits per heavy atom. The lowest BCUT2D eigenvalue weighted by atomic mass is 9.91. The van der Waals surface area contributed by atoms with Crippen molar-refractivity contribution in [2.45, 2.75) is 44.7 Å². The van der Waals surface area contributed by atoms with Gasteiger partial charge in [0.05, 0.1) is 10.4 Å². The van der Waals surface area contributed by atoms with Crippen molar-refractivity contribution in [2.24, 2.45) is 0 Å². The average molecular weight is 463 g/mol. The van der Waals surface area contributed by atoms with Crippen LogP contribution in [0.15, 0.2) is 48.5 Å². The number of carbonyl (C=O) groups is 1. The molecule has 34 heavy (non-hydrogen) atoms. The third-order valence-corrected chi connectivity index (χ3v) is 6.26. The SMILES string of the molecule is Cc1cc([N+](=O)[O-])ccc1NC(=O)N[C@H]1CC[C@@H](Nc2cc(N(C)C)c3ccccc3n2)CC1. The first-order chi connectivity index (χ1) is 16.3. The number of anilines is 3. The van der Waals surface area contributed by atoms with Crippen molar-refractivity contribution in [3.63, 3.8) is 0 Å². The maximum atomic E-state index is 12.5. The van der Waals surface area contributed by atoms with E-state index in [9.17, 15) is 14.9 Å². The lowest BCUT2D eigenvalue weighted by Crippen LogP contribution is -2.42. The van der Waals surface area contributed by atoms with Gasteiger partial charge in [-0.1, -0.05) is 18.2 Å². The Balaban J connectivity index is 1.32. The highest BCUT2D eigenvalue weighted by Crippen LogP contribution is 2.29. The zero-order valence-electron chi connectivity index (χ0n) is 19.7. The van der Waals surface area contributed by atoms with Crippen molar-refractivity contribution in [2.75, 3.05) is 29.6 Å². The molecule has 0 aliphatic heterocycles. The quantitative estimate of drug-likeness (QED) is 0.349. The number of para-hydroxylation sites is 1. The molecule has 2 aromatic carbocycles. The van der Waals surface area contributed by atoms with Crippen LogP contribution in [0.1, 0.15) is 31.2 Å². The standard InChI is InChI=1S/C25H30N6O3/c1-16-14-19(31(33)34)12-13-21(16)29-25(32)27-18-10-8-17(9-11-18)26-24-15-23(30(2)3)20-6-4-5-7-22(20)28-24/h4-7,12-15,17-18H,8-11H2,1-3H3,(H,26,28)(H2,27,29,32)/t17-,18+. The van der Waals surface area contributed by atoms with E-state index in [1.807, 2.05) is 32.3 Å².